The summed E-state index contributed by atoms with van der Waals surface area (Å²) in [6.07, 6.45) is -2.67. The quantitative estimate of drug-likeness (QED) is 0.821. The van der Waals surface area contributed by atoms with Crippen LogP contribution in [0, 0.1) is 11.8 Å². The fourth-order valence-electron chi connectivity index (χ4n) is 2.48. The van der Waals surface area contributed by atoms with Gasteiger partial charge in [-0.25, -0.2) is 0 Å². The molecule has 0 aliphatic heterocycles. The van der Waals surface area contributed by atoms with Crippen LogP contribution in [-0.4, -0.2) is 25.4 Å². The van der Waals surface area contributed by atoms with Crippen molar-refractivity contribution in [1.82, 2.24) is 0 Å². The Morgan fingerprint density at radius 3 is 2.62 bits per heavy atom. The molecule has 0 aromatic carbocycles. The van der Waals surface area contributed by atoms with E-state index in [1.165, 1.54) is 0 Å². The maximum absolute atomic E-state index is 12.6. The molecule has 0 saturated heterocycles. The number of hydrogen-bond donors (Lipinski definition) is 1. The maximum Gasteiger partial charge on any atom is 0.391 e. The van der Waals surface area contributed by atoms with Gasteiger partial charge in [-0.3, -0.25) is 0 Å². The number of nitrogens with two attached hydrogens (primary N) is 1. The van der Waals surface area contributed by atoms with E-state index in [1.54, 1.807) is 7.11 Å². The molecule has 1 rings (SSSR count). The van der Waals surface area contributed by atoms with Crippen LogP contribution in [0.1, 0.15) is 32.6 Å². The first-order valence-electron chi connectivity index (χ1n) is 5.64. The van der Waals surface area contributed by atoms with E-state index >= 15 is 0 Å². The Balaban J connectivity index is 2.68. The molecular formula is C11H20F3NO. The van der Waals surface area contributed by atoms with Crippen molar-refractivity contribution in [3.05, 3.63) is 0 Å². The monoisotopic (exact) mass is 239 g/mol. The number of rotatable bonds is 3. The molecule has 0 spiro atoms. The molecule has 16 heavy (non-hydrogen) atoms. The second-order valence-electron chi connectivity index (χ2n) is 4.92. The van der Waals surface area contributed by atoms with Crippen LogP contribution < -0.4 is 5.73 Å². The summed E-state index contributed by atoms with van der Waals surface area (Å²) in [5, 5.41) is 0. The Morgan fingerprint density at radius 1 is 1.50 bits per heavy atom. The zero-order valence-corrected chi connectivity index (χ0v) is 9.81. The van der Waals surface area contributed by atoms with Gasteiger partial charge in [-0.2, -0.15) is 13.2 Å². The summed E-state index contributed by atoms with van der Waals surface area (Å²) in [5.41, 5.74) is 5.37. The van der Waals surface area contributed by atoms with Crippen molar-refractivity contribution in [3.8, 4) is 0 Å². The molecule has 0 aromatic heterocycles. The summed E-state index contributed by atoms with van der Waals surface area (Å²) < 4.78 is 42.9. The van der Waals surface area contributed by atoms with Crippen LogP contribution in [0.3, 0.4) is 0 Å². The van der Waals surface area contributed by atoms with Gasteiger partial charge in [0, 0.05) is 12.6 Å². The average Bonchev–Trinajstić information content (AvgIpc) is 2.17. The van der Waals surface area contributed by atoms with E-state index < -0.39 is 17.6 Å². The Bertz CT molecular complexity index is 232. The third kappa shape index (κ3) is 3.10. The molecule has 0 amide bonds. The highest BCUT2D eigenvalue weighted by Gasteiger charge is 2.47. The van der Waals surface area contributed by atoms with Crippen LogP contribution in [-0.2, 0) is 4.74 Å². The average molecular weight is 239 g/mol. The molecule has 2 N–H and O–H groups in total. The molecule has 1 aliphatic rings. The minimum atomic E-state index is -4.11. The lowest BCUT2D eigenvalue weighted by molar-refractivity contribution is -0.189. The fourth-order valence-corrected chi connectivity index (χ4v) is 2.48. The van der Waals surface area contributed by atoms with Crippen LogP contribution in [0.5, 0.6) is 0 Å². The van der Waals surface area contributed by atoms with E-state index in [0.717, 1.165) is 0 Å². The van der Waals surface area contributed by atoms with Gasteiger partial charge in [0.05, 0.1) is 12.5 Å². The van der Waals surface area contributed by atoms with Crippen molar-refractivity contribution in [3.63, 3.8) is 0 Å². The van der Waals surface area contributed by atoms with Gasteiger partial charge < -0.3 is 10.5 Å². The molecule has 0 heterocycles. The van der Waals surface area contributed by atoms with Gasteiger partial charge in [-0.05, 0) is 25.2 Å². The van der Waals surface area contributed by atoms with Crippen LogP contribution >= 0.6 is 0 Å². The first kappa shape index (κ1) is 13.8. The van der Waals surface area contributed by atoms with E-state index in [-0.39, 0.29) is 18.8 Å². The molecule has 3 atom stereocenters. The molecule has 96 valence electrons. The van der Waals surface area contributed by atoms with Gasteiger partial charge in [0.2, 0.25) is 0 Å². The van der Waals surface area contributed by atoms with Gasteiger partial charge in [-0.15, -0.1) is 0 Å². The van der Waals surface area contributed by atoms with Crippen molar-refractivity contribution < 1.29 is 17.9 Å². The predicted molar refractivity (Wildman–Crippen MR) is 56.0 cm³/mol. The second-order valence-corrected chi connectivity index (χ2v) is 4.92. The lowest BCUT2D eigenvalue weighted by Crippen LogP contribution is -2.53. The minimum Gasteiger partial charge on any atom is -0.384 e. The van der Waals surface area contributed by atoms with Gasteiger partial charge in [0.25, 0.3) is 0 Å². The summed E-state index contributed by atoms with van der Waals surface area (Å²) in [6, 6.07) is 0. The summed E-state index contributed by atoms with van der Waals surface area (Å²) in [7, 11) is 1.55. The Morgan fingerprint density at radius 2 is 2.12 bits per heavy atom. The fraction of sp³-hybridized carbons (Fsp3) is 1.00. The van der Waals surface area contributed by atoms with E-state index in [2.05, 4.69) is 0 Å². The first-order chi connectivity index (χ1) is 7.29. The zero-order valence-electron chi connectivity index (χ0n) is 9.81. The molecule has 0 aromatic rings. The van der Waals surface area contributed by atoms with Crippen molar-refractivity contribution in [1.29, 1.82) is 0 Å². The summed E-state index contributed by atoms with van der Waals surface area (Å²) >= 11 is 0. The largest absolute Gasteiger partial charge is 0.391 e. The van der Waals surface area contributed by atoms with Crippen molar-refractivity contribution in [2.75, 3.05) is 13.7 Å². The van der Waals surface area contributed by atoms with E-state index in [9.17, 15) is 13.2 Å². The third-order valence-electron chi connectivity index (χ3n) is 3.68. The smallest absolute Gasteiger partial charge is 0.384 e. The predicted octanol–water partition coefficient (Wildman–Crippen LogP) is 2.72. The van der Waals surface area contributed by atoms with Gasteiger partial charge in [0.15, 0.2) is 0 Å². The highest BCUT2D eigenvalue weighted by Crippen LogP contribution is 2.43. The topological polar surface area (TPSA) is 35.2 Å². The Labute approximate surface area is 94.3 Å². The molecule has 1 fully saturated rings. The number of halogens is 3. The van der Waals surface area contributed by atoms with Crippen LogP contribution in [0.4, 0.5) is 13.2 Å². The first-order valence-corrected chi connectivity index (χ1v) is 5.64. The number of alkyl halides is 3. The molecule has 0 radical (unpaired) electrons. The van der Waals surface area contributed by atoms with Crippen LogP contribution in [0.15, 0.2) is 0 Å². The maximum atomic E-state index is 12.6. The highest BCUT2D eigenvalue weighted by atomic mass is 19.4. The highest BCUT2D eigenvalue weighted by molar-refractivity contribution is 4.96. The lowest BCUT2D eigenvalue weighted by atomic mass is 9.70. The van der Waals surface area contributed by atoms with Crippen LogP contribution in [0.25, 0.3) is 0 Å². The normalized spacial score (nSPS) is 33.8. The lowest BCUT2D eigenvalue weighted by Gasteiger charge is -2.42. The number of hydrogen-bond acceptors (Lipinski definition) is 2. The molecule has 1 aliphatic carbocycles. The van der Waals surface area contributed by atoms with Gasteiger partial charge in [-0.1, -0.05) is 13.3 Å². The zero-order chi connectivity index (χ0) is 12.4. The molecule has 1 saturated carbocycles. The summed E-state index contributed by atoms with van der Waals surface area (Å²) in [6.45, 7) is 2.28. The SMILES string of the molecule is COCC(C)C1(N)CCCC(C(F)(F)F)C1. The third-order valence-corrected chi connectivity index (χ3v) is 3.68. The molecule has 0 bridgehead atoms. The van der Waals surface area contributed by atoms with Gasteiger partial charge in [0.1, 0.15) is 0 Å². The molecular weight excluding hydrogens is 219 g/mol. The molecule has 3 unspecified atom stereocenters. The van der Waals surface area contributed by atoms with E-state index in [4.69, 9.17) is 10.5 Å². The van der Waals surface area contributed by atoms with Crippen molar-refractivity contribution in [2.24, 2.45) is 17.6 Å². The molecule has 5 heteroatoms. The number of ether oxygens (including phenoxy) is 1. The Kier molecular flexibility index (Phi) is 4.23. The second kappa shape index (κ2) is 4.92. The minimum absolute atomic E-state index is 0.0288. The van der Waals surface area contributed by atoms with E-state index in [0.29, 0.717) is 19.4 Å². The summed E-state index contributed by atoms with van der Waals surface area (Å²) in [5.74, 6) is -1.28. The molecule has 2 nitrogen and oxygen atoms in total. The van der Waals surface area contributed by atoms with Crippen molar-refractivity contribution in [2.45, 2.75) is 44.3 Å². The van der Waals surface area contributed by atoms with Crippen LogP contribution in [0.2, 0.25) is 0 Å². The van der Waals surface area contributed by atoms with E-state index in [1.807, 2.05) is 6.92 Å². The standard InChI is InChI=1S/C11H20F3NO/c1-8(7-16-2)10(15)5-3-4-9(6-10)11(12,13)14/h8-9H,3-7,15H2,1-2H3. The Hall–Kier alpha value is -0.290. The van der Waals surface area contributed by atoms with Gasteiger partial charge >= 0.3 is 6.18 Å². The van der Waals surface area contributed by atoms with Crippen molar-refractivity contribution >= 4 is 0 Å². The summed E-state index contributed by atoms with van der Waals surface area (Å²) in [4.78, 5) is 0. The number of methoxy groups -OCH3 is 1.